The molecular weight excluding hydrogens is 150 g/mol. The van der Waals surface area contributed by atoms with Crippen LogP contribution >= 0.6 is 0 Å². The molecule has 0 aromatic carbocycles. The Morgan fingerprint density at radius 1 is 1.58 bits per heavy atom. The van der Waals surface area contributed by atoms with E-state index in [0.29, 0.717) is 12.5 Å². The maximum Gasteiger partial charge on any atom is 0.0468 e. The maximum absolute atomic E-state index is 8.90. The molecule has 0 aromatic rings. The Labute approximate surface area is 75.6 Å². The molecule has 1 aliphatic rings. The van der Waals surface area contributed by atoms with E-state index in [4.69, 9.17) is 5.11 Å². The van der Waals surface area contributed by atoms with Crippen molar-refractivity contribution >= 4 is 0 Å². The first-order valence-corrected chi connectivity index (χ1v) is 5.05. The van der Waals surface area contributed by atoms with Crippen molar-refractivity contribution in [2.24, 2.45) is 11.8 Å². The lowest BCUT2D eigenvalue weighted by molar-refractivity contribution is 0.133. The van der Waals surface area contributed by atoms with Gasteiger partial charge in [-0.25, -0.2) is 0 Å². The number of piperidine rings is 1. The van der Waals surface area contributed by atoms with E-state index in [1.807, 2.05) is 0 Å². The fraction of sp³-hybridized carbons (Fsp3) is 1.00. The van der Waals surface area contributed by atoms with Gasteiger partial charge in [0.25, 0.3) is 0 Å². The Hall–Kier alpha value is -0.0800. The van der Waals surface area contributed by atoms with E-state index in [0.717, 1.165) is 12.5 Å². The molecule has 2 heteroatoms. The molecule has 1 fully saturated rings. The van der Waals surface area contributed by atoms with Crippen LogP contribution < -0.4 is 0 Å². The van der Waals surface area contributed by atoms with Crippen molar-refractivity contribution in [3.63, 3.8) is 0 Å². The van der Waals surface area contributed by atoms with Crippen molar-refractivity contribution in [2.75, 3.05) is 26.2 Å². The SMILES string of the molecule is CC(CO)CN1CCCC(C)C1. The van der Waals surface area contributed by atoms with Crippen molar-refractivity contribution in [3.8, 4) is 0 Å². The van der Waals surface area contributed by atoms with Gasteiger partial charge in [0.15, 0.2) is 0 Å². The van der Waals surface area contributed by atoms with Crippen molar-refractivity contribution in [1.29, 1.82) is 0 Å². The van der Waals surface area contributed by atoms with Gasteiger partial charge in [0.05, 0.1) is 0 Å². The highest BCUT2D eigenvalue weighted by Gasteiger charge is 2.17. The van der Waals surface area contributed by atoms with Gasteiger partial charge in [0.1, 0.15) is 0 Å². The quantitative estimate of drug-likeness (QED) is 0.693. The Morgan fingerprint density at radius 2 is 2.33 bits per heavy atom. The zero-order valence-corrected chi connectivity index (χ0v) is 8.29. The average Bonchev–Trinajstić information content (AvgIpc) is 2.04. The molecule has 1 N–H and O–H groups in total. The summed E-state index contributed by atoms with van der Waals surface area (Å²) < 4.78 is 0. The number of likely N-dealkylation sites (tertiary alicyclic amines) is 1. The molecule has 1 heterocycles. The Kier molecular flexibility index (Phi) is 4.02. The third-order valence-electron chi connectivity index (χ3n) is 2.62. The Balaban J connectivity index is 2.22. The van der Waals surface area contributed by atoms with Gasteiger partial charge in [-0.1, -0.05) is 13.8 Å². The first kappa shape index (κ1) is 10.0. The van der Waals surface area contributed by atoms with Crippen LogP contribution in [0.5, 0.6) is 0 Å². The predicted molar refractivity (Wildman–Crippen MR) is 51.1 cm³/mol. The molecule has 0 radical (unpaired) electrons. The highest BCUT2D eigenvalue weighted by molar-refractivity contribution is 4.71. The van der Waals surface area contributed by atoms with Gasteiger partial charge < -0.3 is 10.0 Å². The molecule has 0 bridgehead atoms. The maximum atomic E-state index is 8.90. The van der Waals surface area contributed by atoms with E-state index in [9.17, 15) is 0 Å². The number of hydrogen-bond acceptors (Lipinski definition) is 2. The summed E-state index contributed by atoms with van der Waals surface area (Å²) in [5, 5.41) is 8.90. The van der Waals surface area contributed by atoms with Crippen molar-refractivity contribution in [2.45, 2.75) is 26.7 Å². The van der Waals surface area contributed by atoms with Gasteiger partial charge in [-0.05, 0) is 31.2 Å². The van der Waals surface area contributed by atoms with Crippen LogP contribution in [0.15, 0.2) is 0 Å². The highest BCUT2D eigenvalue weighted by Crippen LogP contribution is 2.16. The summed E-state index contributed by atoms with van der Waals surface area (Å²) >= 11 is 0. The van der Waals surface area contributed by atoms with Gasteiger partial charge >= 0.3 is 0 Å². The first-order chi connectivity index (χ1) is 5.72. The molecule has 0 aliphatic carbocycles. The molecule has 2 nitrogen and oxygen atoms in total. The largest absolute Gasteiger partial charge is 0.396 e. The second-order valence-electron chi connectivity index (χ2n) is 4.29. The van der Waals surface area contributed by atoms with E-state index >= 15 is 0 Å². The van der Waals surface area contributed by atoms with Gasteiger partial charge in [-0.15, -0.1) is 0 Å². The minimum atomic E-state index is 0.324. The lowest BCUT2D eigenvalue weighted by Gasteiger charge is -2.32. The topological polar surface area (TPSA) is 23.5 Å². The molecule has 1 aliphatic heterocycles. The number of rotatable bonds is 3. The summed E-state index contributed by atoms with van der Waals surface area (Å²) in [5.74, 6) is 1.29. The van der Waals surface area contributed by atoms with Crippen LogP contribution in [0.25, 0.3) is 0 Å². The summed E-state index contributed by atoms with van der Waals surface area (Å²) in [7, 11) is 0. The second-order valence-corrected chi connectivity index (χ2v) is 4.29. The molecule has 1 saturated heterocycles. The normalized spacial score (nSPS) is 28.8. The third kappa shape index (κ3) is 3.11. The fourth-order valence-electron chi connectivity index (χ4n) is 1.95. The summed E-state index contributed by atoms with van der Waals surface area (Å²) in [4.78, 5) is 2.48. The zero-order chi connectivity index (χ0) is 8.97. The molecule has 0 spiro atoms. The van der Waals surface area contributed by atoms with Crippen molar-refractivity contribution < 1.29 is 5.11 Å². The highest BCUT2D eigenvalue weighted by atomic mass is 16.3. The lowest BCUT2D eigenvalue weighted by atomic mass is 9.99. The molecule has 0 aromatic heterocycles. The number of hydrogen-bond donors (Lipinski definition) is 1. The second kappa shape index (κ2) is 4.83. The van der Waals surface area contributed by atoms with Gasteiger partial charge in [0.2, 0.25) is 0 Å². The number of aliphatic hydroxyl groups excluding tert-OH is 1. The zero-order valence-electron chi connectivity index (χ0n) is 8.29. The van der Waals surface area contributed by atoms with Crippen molar-refractivity contribution in [3.05, 3.63) is 0 Å². The molecule has 1 rings (SSSR count). The minimum Gasteiger partial charge on any atom is -0.396 e. The number of aliphatic hydroxyl groups is 1. The molecule has 2 atom stereocenters. The first-order valence-electron chi connectivity index (χ1n) is 5.05. The van der Waals surface area contributed by atoms with Crippen LogP contribution in [0.3, 0.4) is 0 Å². The van der Waals surface area contributed by atoms with Crippen molar-refractivity contribution in [1.82, 2.24) is 4.90 Å². The van der Waals surface area contributed by atoms with E-state index in [-0.39, 0.29) is 0 Å². The smallest absolute Gasteiger partial charge is 0.0468 e. The number of nitrogens with zero attached hydrogens (tertiary/aromatic N) is 1. The molecule has 0 saturated carbocycles. The summed E-state index contributed by atoms with van der Waals surface area (Å²) in [6, 6.07) is 0. The summed E-state index contributed by atoms with van der Waals surface area (Å²) in [6.45, 7) is 8.28. The molecule has 0 amide bonds. The Morgan fingerprint density at radius 3 is 2.92 bits per heavy atom. The predicted octanol–water partition coefficient (Wildman–Crippen LogP) is 1.35. The van der Waals surface area contributed by atoms with E-state index < -0.39 is 0 Å². The molecule has 2 unspecified atom stereocenters. The summed E-state index contributed by atoms with van der Waals surface area (Å²) in [6.07, 6.45) is 2.71. The van der Waals surface area contributed by atoms with Gasteiger partial charge in [-0.2, -0.15) is 0 Å². The summed E-state index contributed by atoms with van der Waals surface area (Å²) in [5.41, 5.74) is 0. The average molecular weight is 171 g/mol. The van der Waals surface area contributed by atoms with Crippen LogP contribution in [0.1, 0.15) is 26.7 Å². The molecular formula is C10H21NO. The van der Waals surface area contributed by atoms with Crippen LogP contribution in [-0.4, -0.2) is 36.2 Å². The lowest BCUT2D eigenvalue weighted by Crippen LogP contribution is -2.37. The van der Waals surface area contributed by atoms with E-state index in [1.54, 1.807) is 0 Å². The van der Waals surface area contributed by atoms with E-state index in [1.165, 1.54) is 25.9 Å². The van der Waals surface area contributed by atoms with Crippen LogP contribution in [0, 0.1) is 11.8 Å². The minimum absolute atomic E-state index is 0.324. The van der Waals surface area contributed by atoms with E-state index in [2.05, 4.69) is 18.7 Å². The molecule has 72 valence electrons. The van der Waals surface area contributed by atoms with Crippen LogP contribution in [0.4, 0.5) is 0 Å². The standard InChI is InChI=1S/C10H21NO/c1-9-4-3-5-11(6-9)7-10(2)8-12/h9-10,12H,3-8H2,1-2H3. The monoisotopic (exact) mass is 171 g/mol. The third-order valence-corrected chi connectivity index (χ3v) is 2.62. The van der Waals surface area contributed by atoms with Crippen LogP contribution in [-0.2, 0) is 0 Å². The Bertz CT molecular complexity index is 127. The van der Waals surface area contributed by atoms with Gasteiger partial charge in [-0.3, -0.25) is 0 Å². The molecule has 12 heavy (non-hydrogen) atoms. The van der Waals surface area contributed by atoms with Gasteiger partial charge in [0, 0.05) is 19.7 Å². The van der Waals surface area contributed by atoms with Crippen LogP contribution in [0.2, 0.25) is 0 Å². The fourth-order valence-corrected chi connectivity index (χ4v) is 1.95.